The Morgan fingerprint density at radius 2 is 1.18 bits per heavy atom. The van der Waals surface area contributed by atoms with E-state index in [1.807, 2.05) is 30.3 Å². The number of hydrogen-bond donors (Lipinski definition) is 0. The van der Waals surface area contributed by atoms with E-state index in [9.17, 15) is 8.78 Å². The van der Waals surface area contributed by atoms with Gasteiger partial charge in [0.25, 0.3) is 0 Å². The van der Waals surface area contributed by atoms with E-state index in [2.05, 4.69) is 202 Å². The van der Waals surface area contributed by atoms with Gasteiger partial charge in [-0.25, -0.2) is 8.78 Å². The van der Waals surface area contributed by atoms with Crippen molar-refractivity contribution < 1.29 is 8.78 Å². The van der Waals surface area contributed by atoms with Crippen LogP contribution in [-0.4, -0.2) is 16.1 Å². The Balaban J connectivity index is 0.861. The number of para-hydroxylation sites is 3. The molecule has 4 unspecified atom stereocenters. The van der Waals surface area contributed by atoms with E-state index in [4.69, 9.17) is 0 Å². The Hall–Kier alpha value is -7.96. The van der Waals surface area contributed by atoms with Crippen LogP contribution in [0.2, 0.25) is 0 Å². The van der Waals surface area contributed by atoms with Crippen LogP contribution in [-0.2, 0) is 0 Å². The Kier molecular flexibility index (Phi) is 9.97. The van der Waals surface area contributed by atoms with Crippen LogP contribution in [0.1, 0.15) is 31.2 Å². The zero-order valence-corrected chi connectivity index (χ0v) is 37.1. The van der Waals surface area contributed by atoms with Crippen LogP contribution in [0.5, 0.6) is 0 Å². The maximum atomic E-state index is 14.5. The average Bonchev–Trinajstić information content (AvgIpc) is 3.88. The van der Waals surface area contributed by atoms with Crippen LogP contribution in [0.3, 0.4) is 0 Å². The first-order valence-corrected chi connectivity index (χ1v) is 23.2. The fourth-order valence-electron chi connectivity index (χ4n) is 11.0. The molecule has 0 amide bonds. The van der Waals surface area contributed by atoms with Crippen LogP contribution in [0.25, 0.3) is 27.5 Å². The van der Waals surface area contributed by atoms with Gasteiger partial charge in [-0.05, 0) is 146 Å². The van der Waals surface area contributed by atoms with E-state index in [0.29, 0.717) is 0 Å². The molecule has 1 aromatic heterocycles. The minimum atomic E-state index is -0.434. The predicted octanol–water partition coefficient (Wildman–Crippen LogP) is 15.6. The van der Waals surface area contributed by atoms with Gasteiger partial charge in [-0.3, -0.25) is 0 Å². The first-order chi connectivity index (χ1) is 32.9. The largest absolute Gasteiger partial charge is 0.334 e. The third kappa shape index (κ3) is 7.12. The summed E-state index contributed by atoms with van der Waals surface area (Å²) in [6, 6.07) is 59.1. The van der Waals surface area contributed by atoms with Crippen molar-refractivity contribution in [2.75, 3.05) is 14.7 Å². The van der Waals surface area contributed by atoms with Crippen molar-refractivity contribution in [1.82, 2.24) is 4.57 Å². The quantitative estimate of drug-likeness (QED) is 0.144. The fourth-order valence-corrected chi connectivity index (χ4v) is 11.0. The standard InChI is InChI=1S/C61H48F2N4/c1-61(39-38-60-56(41-61)54-17-9-11-19-58(54)66(60)47-14-6-3-7-15-47)67(51-34-26-45(63)27-35-51)50-30-22-43(23-31-50)42-20-28-48(29-21-42)64(49-32-24-44(62)25-33-49)52-36-37-59-55(40-52)53-16-8-10-18-57(53)65(59)46-12-4-2-5-13-46/h2-20,22-38,40-42,54,58H,21,39H2,1H3. The van der Waals surface area contributed by atoms with E-state index in [1.54, 1.807) is 12.1 Å². The molecule has 67 heavy (non-hydrogen) atoms. The van der Waals surface area contributed by atoms with Crippen LogP contribution in [0.4, 0.5) is 37.2 Å². The van der Waals surface area contributed by atoms with Crippen molar-refractivity contribution in [1.29, 1.82) is 0 Å². The number of aromatic nitrogens is 1. The average molecular weight is 875 g/mol. The van der Waals surface area contributed by atoms with Crippen molar-refractivity contribution in [3.8, 4) is 5.69 Å². The lowest BCUT2D eigenvalue weighted by molar-refractivity contribution is 0.557. The SMILES string of the molecule is CC1(N(c2ccc(F)cc2)c2ccc(C3C=CC(N(c4ccc(F)cc4)c4ccc5c(c4)c4ccccc4n5-c4ccccc4)=CC3)cc2)C=C2C(=CC1)N(c1ccccc1)C1C=CC=CC21. The number of halogens is 2. The number of anilines is 5. The number of rotatable bonds is 9. The van der Waals surface area contributed by atoms with Crippen LogP contribution < -0.4 is 14.7 Å². The summed E-state index contributed by atoms with van der Waals surface area (Å²) in [6.45, 7) is 2.30. The molecule has 4 atom stereocenters. The lowest BCUT2D eigenvalue weighted by Crippen LogP contribution is -2.43. The minimum Gasteiger partial charge on any atom is -0.334 e. The van der Waals surface area contributed by atoms with E-state index in [0.717, 1.165) is 63.4 Å². The maximum Gasteiger partial charge on any atom is 0.123 e. The van der Waals surface area contributed by atoms with Gasteiger partial charge >= 0.3 is 0 Å². The molecule has 1 aliphatic heterocycles. The van der Waals surface area contributed by atoms with Gasteiger partial charge < -0.3 is 19.3 Å². The molecule has 0 radical (unpaired) electrons. The molecule has 1 saturated heterocycles. The molecule has 0 saturated carbocycles. The van der Waals surface area contributed by atoms with Gasteiger partial charge in [-0.2, -0.15) is 0 Å². The molecule has 1 fully saturated rings. The lowest BCUT2D eigenvalue weighted by Gasteiger charge is -2.43. The molecule has 8 aromatic rings. The minimum absolute atomic E-state index is 0.155. The highest BCUT2D eigenvalue weighted by molar-refractivity contribution is 6.10. The van der Waals surface area contributed by atoms with Crippen molar-refractivity contribution >= 4 is 50.2 Å². The second-order valence-corrected chi connectivity index (χ2v) is 18.2. The van der Waals surface area contributed by atoms with Crippen molar-refractivity contribution in [3.05, 3.63) is 265 Å². The zero-order chi connectivity index (χ0) is 45.1. The smallest absolute Gasteiger partial charge is 0.123 e. The molecule has 4 aliphatic rings. The summed E-state index contributed by atoms with van der Waals surface area (Å²) in [5.74, 6) is -0.152. The van der Waals surface area contributed by atoms with Gasteiger partial charge in [-0.15, -0.1) is 0 Å². The van der Waals surface area contributed by atoms with E-state index >= 15 is 0 Å². The van der Waals surface area contributed by atoms with E-state index < -0.39 is 5.54 Å². The van der Waals surface area contributed by atoms with Gasteiger partial charge in [0, 0.05) is 68.1 Å². The fraction of sp³-hybridized carbons (Fsp3) is 0.115. The molecule has 3 aliphatic carbocycles. The number of nitrogens with zero attached hydrogens (tertiary/aromatic N) is 4. The normalized spacial score (nSPS) is 20.6. The second-order valence-electron chi connectivity index (χ2n) is 18.2. The molecule has 0 N–H and O–H groups in total. The summed E-state index contributed by atoms with van der Waals surface area (Å²) in [7, 11) is 0. The Morgan fingerprint density at radius 3 is 1.88 bits per heavy atom. The third-order valence-corrected chi connectivity index (χ3v) is 14.1. The van der Waals surface area contributed by atoms with Crippen LogP contribution >= 0.6 is 0 Å². The number of benzene rings is 7. The van der Waals surface area contributed by atoms with E-state index in [1.165, 1.54) is 40.0 Å². The van der Waals surface area contributed by atoms with Gasteiger partial charge in [0.2, 0.25) is 0 Å². The number of hydrogen-bond acceptors (Lipinski definition) is 3. The molecule has 7 aromatic carbocycles. The Morgan fingerprint density at radius 1 is 0.567 bits per heavy atom. The highest BCUT2D eigenvalue weighted by Crippen LogP contribution is 2.50. The molecule has 6 heteroatoms. The maximum absolute atomic E-state index is 14.5. The molecule has 326 valence electrons. The van der Waals surface area contributed by atoms with Gasteiger partial charge in [0.05, 0.1) is 22.6 Å². The van der Waals surface area contributed by atoms with Crippen molar-refractivity contribution in [2.45, 2.75) is 37.3 Å². The summed E-state index contributed by atoms with van der Waals surface area (Å²) in [4.78, 5) is 7.09. The molecule has 2 heterocycles. The number of allylic oxidation sites excluding steroid dienone is 6. The summed E-state index contributed by atoms with van der Waals surface area (Å²) in [5, 5.41) is 2.32. The first-order valence-electron chi connectivity index (χ1n) is 23.2. The summed E-state index contributed by atoms with van der Waals surface area (Å²) in [5.41, 5.74) is 12.8. The summed E-state index contributed by atoms with van der Waals surface area (Å²) < 4.78 is 31.2. The van der Waals surface area contributed by atoms with Crippen molar-refractivity contribution in [3.63, 3.8) is 0 Å². The van der Waals surface area contributed by atoms with E-state index in [-0.39, 0.29) is 29.5 Å². The topological polar surface area (TPSA) is 14.7 Å². The molecular weight excluding hydrogens is 827 g/mol. The Bertz CT molecular complexity index is 3340. The molecule has 0 spiro atoms. The highest BCUT2D eigenvalue weighted by Gasteiger charge is 2.45. The predicted molar refractivity (Wildman–Crippen MR) is 273 cm³/mol. The monoisotopic (exact) mass is 874 g/mol. The highest BCUT2D eigenvalue weighted by atomic mass is 19.1. The summed E-state index contributed by atoms with van der Waals surface area (Å²) in [6.07, 6.45) is 22.2. The first kappa shape index (κ1) is 40.5. The second kappa shape index (κ2) is 16.5. The lowest BCUT2D eigenvalue weighted by atomic mass is 9.81. The third-order valence-electron chi connectivity index (χ3n) is 14.1. The number of fused-ring (bicyclic) bond motifs is 6. The van der Waals surface area contributed by atoms with Crippen LogP contribution in [0.15, 0.2) is 248 Å². The van der Waals surface area contributed by atoms with Crippen molar-refractivity contribution in [2.24, 2.45) is 5.92 Å². The molecule has 0 bridgehead atoms. The van der Waals surface area contributed by atoms with Crippen LogP contribution in [0, 0.1) is 17.6 Å². The molecular formula is C61H48F2N4. The zero-order valence-electron chi connectivity index (χ0n) is 37.1. The molecule has 12 rings (SSSR count). The van der Waals surface area contributed by atoms with Gasteiger partial charge in [0.15, 0.2) is 0 Å². The summed E-state index contributed by atoms with van der Waals surface area (Å²) >= 11 is 0. The van der Waals surface area contributed by atoms with Gasteiger partial charge in [-0.1, -0.05) is 115 Å². The Labute approximate surface area is 390 Å². The molecule has 4 nitrogen and oxygen atoms in total. The van der Waals surface area contributed by atoms with Gasteiger partial charge in [0.1, 0.15) is 11.6 Å².